The molecule has 0 fully saturated rings. The molecule has 0 unspecified atom stereocenters. The minimum absolute atomic E-state index is 0.216. The molecule has 0 N–H and O–H groups in total. The zero-order chi connectivity index (χ0) is 18.2. The van der Waals surface area contributed by atoms with Crippen molar-refractivity contribution in [1.82, 2.24) is 0 Å². The predicted octanol–water partition coefficient (Wildman–Crippen LogP) is 3.68. The van der Waals surface area contributed by atoms with Crippen LogP contribution in [0.5, 0.6) is 0 Å². The van der Waals surface area contributed by atoms with Gasteiger partial charge in [-0.3, -0.25) is 0 Å². The van der Waals surface area contributed by atoms with Crippen LogP contribution in [0.3, 0.4) is 0 Å². The maximum absolute atomic E-state index is 5.59. The molecule has 0 aromatic heterocycles. The van der Waals surface area contributed by atoms with E-state index in [1.54, 1.807) is 0 Å². The number of nitrogens with zero attached hydrogens (tertiary/aromatic N) is 4. The number of hydrogen-bond acceptors (Lipinski definition) is 6. The molecule has 0 radical (unpaired) electrons. The highest BCUT2D eigenvalue weighted by Crippen LogP contribution is 2.11. The predicted molar refractivity (Wildman–Crippen MR) is 104 cm³/mol. The molecule has 1 aliphatic heterocycles. The summed E-state index contributed by atoms with van der Waals surface area (Å²) in [6.07, 6.45) is 0. The summed E-state index contributed by atoms with van der Waals surface area (Å²) < 4.78 is 11.2. The van der Waals surface area contributed by atoms with Gasteiger partial charge in [0.05, 0.1) is 13.2 Å². The third-order valence-electron chi connectivity index (χ3n) is 3.42. The van der Waals surface area contributed by atoms with Gasteiger partial charge in [-0.1, -0.05) is 60.7 Å². The first-order chi connectivity index (χ1) is 12.8. The summed E-state index contributed by atoms with van der Waals surface area (Å²) in [5, 5.41) is 0. The number of benzene rings is 2. The van der Waals surface area contributed by atoms with Gasteiger partial charge in [-0.25, -0.2) is 0 Å². The Labute approximate surface area is 152 Å². The Morgan fingerprint density at radius 1 is 0.577 bits per heavy atom. The molecule has 0 bridgehead atoms. The van der Waals surface area contributed by atoms with Crippen LogP contribution in [0, 0.1) is 0 Å². The molecule has 6 heteroatoms. The van der Waals surface area contributed by atoms with E-state index in [0.29, 0.717) is 24.9 Å². The second-order valence-corrected chi connectivity index (χ2v) is 5.26. The Morgan fingerprint density at radius 3 is 1.31 bits per heavy atom. The summed E-state index contributed by atoms with van der Waals surface area (Å²) in [6.45, 7) is 4.64. The summed E-state index contributed by atoms with van der Waals surface area (Å²) in [6, 6.07) is 19.6. The van der Waals surface area contributed by atoms with Crippen LogP contribution in [0.15, 0.2) is 80.6 Å². The van der Waals surface area contributed by atoms with E-state index in [1.807, 2.05) is 74.5 Å². The van der Waals surface area contributed by atoms with Crippen molar-refractivity contribution < 1.29 is 9.47 Å². The molecule has 6 nitrogen and oxygen atoms in total. The Kier molecular flexibility index (Phi) is 5.88. The summed E-state index contributed by atoms with van der Waals surface area (Å²) in [5.41, 5.74) is 1.66. The second-order valence-electron chi connectivity index (χ2n) is 5.26. The molecule has 0 saturated carbocycles. The maximum atomic E-state index is 5.59. The van der Waals surface area contributed by atoms with Crippen LogP contribution in [0.25, 0.3) is 0 Å². The summed E-state index contributed by atoms with van der Waals surface area (Å²) >= 11 is 0. The highest BCUT2D eigenvalue weighted by molar-refractivity contribution is 6.16. The van der Waals surface area contributed by atoms with Crippen LogP contribution in [-0.4, -0.2) is 36.9 Å². The number of amidine groups is 4. The van der Waals surface area contributed by atoms with Crippen LogP contribution in [0.1, 0.15) is 25.0 Å². The third kappa shape index (κ3) is 4.42. The lowest BCUT2D eigenvalue weighted by Gasteiger charge is -2.11. The molecule has 3 rings (SSSR count). The molecule has 0 spiro atoms. The molecular weight excluding hydrogens is 328 g/mol. The van der Waals surface area contributed by atoms with Crippen molar-refractivity contribution in [3.05, 3.63) is 71.8 Å². The average Bonchev–Trinajstić information content (AvgIpc) is 2.66. The third-order valence-corrected chi connectivity index (χ3v) is 3.42. The van der Waals surface area contributed by atoms with E-state index < -0.39 is 0 Å². The Hall–Kier alpha value is -3.28. The SMILES string of the molecule is CCOC1=NC(c2ccccc2)=NC(OCC)=NC(c2ccccc2)=N1. The quantitative estimate of drug-likeness (QED) is 0.846. The molecule has 1 heterocycles. The van der Waals surface area contributed by atoms with Crippen LogP contribution in [0.2, 0.25) is 0 Å². The maximum Gasteiger partial charge on any atom is 0.320 e. The molecule has 1 aliphatic rings. The van der Waals surface area contributed by atoms with E-state index in [9.17, 15) is 0 Å². The number of rotatable bonds is 4. The van der Waals surface area contributed by atoms with Crippen molar-refractivity contribution in [3.8, 4) is 0 Å². The number of hydrogen-bond donors (Lipinski definition) is 0. The standard InChI is InChI=1S/C20H20N4O2/c1-3-25-19-21-17(15-11-7-5-8-12-15)23-20(26-4-2)24-18(22-19)16-13-9-6-10-14-16/h5-14H,3-4H2,1-2H3. The Morgan fingerprint density at radius 2 is 0.962 bits per heavy atom. The molecule has 132 valence electrons. The van der Waals surface area contributed by atoms with Crippen molar-refractivity contribution in [3.63, 3.8) is 0 Å². The fourth-order valence-corrected chi connectivity index (χ4v) is 2.28. The van der Waals surface area contributed by atoms with E-state index >= 15 is 0 Å². The minimum atomic E-state index is 0.216. The van der Waals surface area contributed by atoms with Crippen molar-refractivity contribution in [2.45, 2.75) is 13.8 Å². The van der Waals surface area contributed by atoms with Gasteiger partial charge in [0.15, 0.2) is 11.7 Å². The molecule has 2 aromatic rings. The summed E-state index contributed by atoms with van der Waals surface area (Å²) in [5.74, 6) is 0.884. The summed E-state index contributed by atoms with van der Waals surface area (Å²) in [7, 11) is 0. The normalized spacial score (nSPS) is 14.2. The second kappa shape index (κ2) is 8.71. The van der Waals surface area contributed by atoms with Gasteiger partial charge in [-0.15, -0.1) is 0 Å². The zero-order valence-corrected chi connectivity index (χ0v) is 14.8. The van der Waals surface area contributed by atoms with Crippen LogP contribution in [0.4, 0.5) is 0 Å². The molecule has 0 saturated heterocycles. The first-order valence-electron chi connectivity index (χ1n) is 8.51. The summed E-state index contributed by atoms with van der Waals surface area (Å²) in [4.78, 5) is 18.0. The van der Waals surface area contributed by atoms with Gasteiger partial charge in [0, 0.05) is 11.1 Å². The lowest BCUT2D eigenvalue weighted by Crippen LogP contribution is -2.17. The topological polar surface area (TPSA) is 67.9 Å². The van der Waals surface area contributed by atoms with E-state index in [0.717, 1.165) is 11.1 Å². The highest BCUT2D eigenvalue weighted by atomic mass is 16.5. The fraction of sp³-hybridized carbons (Fsp3) is 0.200. The van der Waals surface area contributed by atoms with E-state index in [-0.39, 0.29) is 12.0 Å². The van der Waals surface area contributed by atoms with Crippen molar-refractivity contribution in [2.24, 2.45) is 20.0 Å². The lowest BCUT2D eigenvalue weighted by molar-refractivity contribution is 0.320. The monoisotopic (exact) mass is 348 g/mol. The first-order valence-corrected chi connectivity index (χ1v) is 8.51. The van der Waals surface area contributed by atoms with E-state index in [4.69, 9.17) is 9.47 Å². The first kappa shape index (κ1) is 17.5. The largest absolute Gasteiger partial charge is 0.464 e. The van der Waals surface area contributed by atoms with Gasteiger partial charge in [-0.2, -0.15) is 20.0 Å². The molecule has 26 heavy (non-hydrogen) atoms. The van der Waals surface area contributed by atoms with Crippen molar-refractivity contribution in [2.75, 3.05) is 13.2 Å². The zero-order valence-electron chi connectivity index (χ0n) is 14.8. The Balaban J connectivity index is 2.11. The van der Waals surface area contributed by atoms with Crippen LogP contribution < -0.4 is 0 Å². The minimum Gasteiger partial charge on any atom is -0.464 e. The van der Waals surface area contributed by atoms with Crippen LogP contribution in [-0.2, 0) is 9.47 Å². The van der Waals surface area contributed by atoms with Crippen molar-refractivity contribution >= 4 is 23.7 Å². The van der Waals surface area contributed by atoms with E-state index in [2.05, 4.69) is 20.0 Å². The van der Waals surface area contributed by atoms with Crippen LogP contribution >= 0.6 is 0 Å². The van der Waals surface area contributed by atoms with Gasteiger partial charge in [0.1, 0.15) is 0 Å². The van der Waals surface area contributed by atoms with Gasteiger partial charge >= 0.3 is 12.0 Å². The molecule has 0 aliphatic carbocycles. The number of ether oxygens (including phenoxy) is 2. The van der Waals surface area contributed by atoms with Gasteiger partial charge < -0.3 is 9.47 Å². The van der Waals surface area contributed by atoms with Crippen molar-refractivity contribution in [1.29, 1.82) is 0 Å². The molecule has 2 aromatic carbocycles. The highest BCUT2D eigenvalue weighted by Gasteiger charge is 2.15. The van der Waals surface area contributed by atoms with Gasteiger partial charge in [0.25, 0.3) is 0 Å². The molecular formula is C20H20N4O2. The average molecular weight is 348 g/mol. The Bertz CT molecular complexity index is 782. The smallest absolute Gasteiger partial charge is 0.320 e. The molecule has 0 atom stereocenters. The lowest BCUT2D eigenvalue weighted by atomic mass is 10.2. The van der Waals surface area contributed by atoms with E-state index in [1.165, 1.54) is 0 Å². The van der Waals surface area contributed by atoms with Gasteiger partial charge in [-0.05, 0) is 13.8 Å². The molecule has 0 amide bonds. The number of aliphatic imine (C=N–C) groups is 4. The van der Waals surface area contributed by atoms with Gasteiger partial charge in [0.2, 0.25) is 0 Å². The fourth-order valence-electron chi connectivity index (χ4n) is 2.28.